The summed E-state index contributed by atoms with van der Waals surface area (Å²) < 4.78 is 5.22. The second-order valence-electron chi connectivity index (χ2n) is 8.43. The monoisotopic (exact) mass is 496 g/mol. The van der Waals surface area contributed by atoms with Gasteiger partial charge in [-0.15, -0.1) is 0 Å². The van der Waals surface area contributed by atoms with Crippen LogP contribution in [0.2, 0.25) is 0 Å². The van der Waals surface area contributed by atoms with E-state index in [1.54, 1.807) is 66.9 Å². The van der Waals surface area contributed by atoms with Gasteiger partial charge in [-0.25, -0.2) is 0 Å². The molecule has 3 amide bonds. The third kappa shape index (κ3) is 7.32. The molecule has 0 saturated heterocycles. The van der Waals surface area contributed by atoms with Crippen molar-refractivity contribution < 1.29 is 18.8 Å². The van der Waals surface area contributed by atoms with Crippen LogP contribution in [0.3, 0.4) is 0 Å². The van der Waals surface area contributed by atoms with E-state index in [1.165, 1.54) is 0 Å². The van der Waals surface area contributed by atoms with Gasteiger partial charge in [-0.1, -0.05) is 36.4 Å². The van der Waals surface area contributed by atoms with E-state index < -0.39 is 0 Å². The summed E-state index contributed by atoms with van der Waals surface area (Å²) in [4.78, 5) is 37.4. The van der Waals surface area contributed by atoms with E-state index in [0.29, 0.717) is 34.8 Å². The molecular weight excluding hydrogens is 468 g/mol. The molecule has 4 rings (SSSR count). The molecule has 0 bridgehead atoms. The molecule has 0 aliphatic carbocycles. The maximum absolute atomic E-state index is 12.6. The van der Waals surface area contributed by atoms with Crippen molar-refractivity contribution >= 4 is 29.1 Å². The van der Waals surface area contributed by atoms with Crippen LogP contribution in [0.25, 0.3) is 0 Å². The van der Waals surface area contributed by atoms with Crippen LogP contribution < -0.4 is 21.3 Å². The smallest absolute Gasteiger partial charge is 0.251 e. The molecule has 0 fully saturated rings. The van der Waals surface area contributed by atoms with Gasteiger partial charge in [-0.2, -0.15) is 0 Å². The highest BCUT2D eigenvalue weighted by Crippen LogP contribution is 2.15. The van der Waals surface area contributed by atoms with E-state index in [2.05, 4.69) is 21.3 Å². The largest absolute Gasteiger partial charge is 0.467 e. The minimum Gasteiger partial charge on any atom is -0.467 e. The number of benzene rings is 3. The van der Waals surface area contributed by atoms with E-state index >= 15 is 0 Å². The summed E-state index contributed by atoms with van der Waals surface area (Å²) in [7, 11) is 0. The van der Waals surface area contributed by atoms with Crippen molar-refractivity contribution in [1.29, 1.82) is 0 Å². The number of hydrogen-bond donors (Lipinski definition) is 4. The predicted molar refractivity (Wildman–Crippen MR) is 142 cm³/mol. The molecule has 37 heavy (non-hydrogen) atoms. The molecule has 0 aliphatic rings. The zero-order chi connectivity index (χ0) is 26.0. The molecule has 8 nitrogen and oxygen atoms in total. The summed E-state index contributed by atoms with van der Waals surface area (Å²) in [6, 6.07) is 26.7. The number of furan rings is 1. The zero-order valence-corrected chi connectivity index (χ0v) is 20.4. The molecule has 0 aliphatic heterocycles. The average Bonchev–Trinajstić information content (AvgIpc) is 3.45. The fraction of sp³-hybridized carbons (Fsp3) is 0.138. The van der Waals surface area contributed by atoms with Gasteiger partial charge in [-0.05, 0) is 67.1 Å². The van der Waals surface area contributed by atoms with Gasteiger partial charge in [0.2, 0.25) is 5.91 Å². The summed E-state index contributed by atoms with van der Waals surface area (Å²) in [5.74, 6) is -0.0342. The number of carbonyl (C=O) groups is 3. The number of carbonyl (C=O) groups excluding carboxylic acids is 3. The number of nitrogens with one attached hydrogen (secondary N) is 4. The number of rotatable bonds is 10. The second-order valence-corrected chi connectivity index (χ2v) is 8.43. The molecular formula is C29H28N4O4. The number of amides is 3. The van der Waals surface area contributed by atoms with E-state index in [4.69, 9.17) is 4.42 Å². The molecule has 1 aromatic heterocycles. The van der Waals surface area contributed by atoms with Crippen LogP contribution in [0.1, 0.15) is 45.0 Å². The Hall–Kier alpha value is -4.85. The lowest BCUT2D eigenvalue weighted by Crippen LogP contribution is -2.26. The fourth-order valence-corrected chi connectivity index (χ4v) is 3.65. The summed E-state index contributed by atoms with van der Waals surface area (Å²) in [6.07, 6.45) is 1.55. The van der Waals surface area contributed by atoms with Gasteiger partial charge in [0.05, 0.1) is 25.4 Å². The minimum absolute atomic E-state index is 0.00823. The van der Waals surface area contributed by atoms with Crippen molar-refractivity contribution in [3.63, 3.8) is 0 Å². The SMILES string of the molecule is CC(NC(=O)c1ccc(NC(=O)CNc2cccc(C(=O)NCc3ccco3)c2)cc1)c1ccccc1. The van der Waals surface area contributed by atoms with Crippen LogP contribution in [0.5, 0.6) is 0 Å². The molecule has 4 N–H and O–H groups in total. The Labute approximate surface area is 215 Å². The highest BCUT2D eigenvalue weighted by Gasteiger charge is 2.12. The standard InChI is InChI=1S/C29H28N4O4/c1-20(21-7-3-2-4-8-21)32-29(36)22-12-14-24(15-13-22)33-27(34)19-30-25-10-5-9-23(17-25)28(35)31-18-26-11-6-16-37-26/h2-17,20,30H,18-19H2,1H3,(H,31,35)(H,32,36)(H,33,34). The first-order chi connectivity index (χ1) is 18.0. The van der Waals surface area contributed by atoms with Gasteiger partial charge in [0.25, 0.3) is 11.8 Å². The molecule has 1 atom stereocenters. The third-order valence-electron chi connectivity index (χ3n) is 5.66. The van der Waals surface area contributed by atoms with Crippen molar-refractivity contribution in [3.8, 4) is 0 Å². The lowest BCUT2D eigenvalue weighted by molar-refractivity contribution is -0.114. The highest BCUT2D eigenvalue weighted by molar-refractivity contribution is 5.97. The van der Waals surface area contributed by atoms with E-state index in [9.17, 15) is 14.4 Å². The molecule has 8 heteroatoms. The van der Waals surface area contributed by atoms with Gasteiger partial charge in [-0.3, -0.25) is 14.4 Å². The van der Waals surface area contributed by atoms with Crippen molar-refractivity contribution in [2.24, 2.45) is 0 Å². The molecule has 3 aromatic carbocycles. The Balaban J connectivity index is 1.24. The van der Waals surface area contributed by atoms with Crippen LogP contribution in [-0.4, -0.2) is 24.3 Å². The van der Waals surface area contributed by atoms with Crippen LogP contribution >= 0.6 is 0 Å². The van der Waals surface area contributed by atoms with Gasteiger partial charge >= 0.3 is 0 Å². The Bertz CT molecular complexity index is 1340. The van der Waals surface area contributed by atoms with Crippen LogP contribution in [0.4, 0.5) is 11.4 Å². The summed E-state index contributed by atoms with van der Waals surface area (Å²) in [5.41, 5.74) is 3.20. The van der Waals surface area contributed by atoms with Gasteiger partial charge in [0, 0.05) is 22.5 Å². The van der Waals surface area contributed by atoms with Crippen LogP contribution in [-0.2, 0) is 11.3 Å². The first kappa shape index (κ1) is 25.2. The lowest BCUT2D eigenvalue weighted by atomic mass is 10.1. The Morgan fingerprint density at radius 1 is 0.784 bits per heavy atom. The van der Waals surface area contributed by atoms with Crippen LogP contribution in [0, 0.1) is 0 Å². The Morgan fingerprint density at radius 3 is 2.30 bits per heavy atom. The molecule has 0 radical (unpaired) electrons. The second kappa shape index (κ2) is 12.2. The number of anilines is 2. The average molecular weight is 497 g/mol. The topological polar surface area (TPSA) is 112 Å². The van der Waals surface area contributed by atoms with Gasteiger partial charge in [0.15, 0.2) is 0 Å². The maximum Gasteiger partial charge on any atom is 0.251 e. The van der Waals surface area contributed by atoms with Crippen molar-refractivity contribution in [2.45, 2.75) is 19.5 Å². The first-order valence-electron chi connectivity index (χ1n) is 11.9. The molecule has 0 spiro atoms. The van der Waals surface area contributed by atoms with E-state index in [-0.39, 0.29) is 30.3 Å². The number of hydrogen-bond acceptors (Lipinski definition) is 5. The maximum atomic E-state index is 12.6. The minimum atomic E-state index is -0.262. The van der Waals surface area contributed by atoms with E-state index in [1.807, 2.05) is 37.3 Å². The quantitative estimate of drug-likeness (QED) is 0.253. The van der Waals surface area contributed by atoms with Gasteiger partial charge < -0.3 is 25.7 Å². The van der Waals surface area contributed by atoms with E-state index in [0.717, 1.165) is 5.56 Å². The zero-order valence-electron chi connectivity index (χ0n) is 20.4. The summed E-state index contributed by atoms with van der Waals surface area (Å²) in [6.45, 7) is 2.23. The first-order valence-corrected chi connectivity index (χ1v) is 11.9. The predicted octanol–water partition coefficient (Wildman–Crippen LogP) is 4.75. The molecule has 188 valence electrons. The Morgan fingerprint density at radius 2 is 1.57 bits per heavy atom. The van der Waals surface area contributed by atoms with Crippen molar-refractivity contribution in [3.05, 3.63) is 120 Å². The lowest BCUT2D eigenvalue weighted by Gasteiger charge is -2.14. The van der Waals surface area contributed by atoms with Crippen molar-refractivity contribution in [2.75, 3.05) is 17.2 Å². The summed E-state index contributed by atoms with van der Waals surface area (Å²) in [5, 5.41) is 11.6. The van der Waals surface area contributed by atoms with Crippen LogP contribution in [0.15, 0.2) is 102 Å². The third-order valence-corrected chi connectivity index (χ3v) is 5.66. The molecule has 1 heterocycles. The molecule has 1 unspecified atom stereocenters. The highest BCUT2D eigenvalue weighted by atomic mass is 16.3. The molecule has 0 saturated carbocycles. The van der Waals surface area contributed by atoms with Crippen molar-refractivity contribution in [1.82, 2.24) is 10.6 Å². The Kier molecular flexibility index (Phi) is 8.33. The summed E-state index contributed by atoms with van der Waals surface area (Å²) >= 11 is 0. The normalized spacial score (nSPS) is 11.3. The molecule has 4 aromatic rings. The fourth-order valence-electron chi connectivity index (χ4n) is 3.65. The van der Waals surface area contributed by atoms with Gasteiger partial charge in [0.1, 0.15) is 5.76 Å².